The predicted octanol–water partition coefficient (Wildman–Crippen LogP) is 6.17. The molecular formula is C25H26ClNO4. The van der Waals surface area contributed by atoms with Gasteiger partial charge in [0.2, 0.25) is 0 Å². The van der Waals surface area contributed by atoms with Crippen LogP contribution < -0.4 is 0 Å². The van der Waals surface area contributed by atoms with Gasteiger partial charge in [0.25, 0.3) is 0 Å². The van der Waals surface area contributed by atoms with Gasteiger partial charge in [-0.05, 0) is 67.1 Å². The number of esters is 1. The summed E-state index contributed by atoms with van der Waals surface area (Å²) in [5.74, 6) is -0.815. The molecule has 5 nitrogen and oxygen atoms in total. The number of carboxylic acid groups (broad SMARTS) is 1. The van der Waals surface area contributed by atoms with E-state index in [4.69, 9.17) is 21.3 Å². The summed E-state index contributed by atoms with van der Waals surface area (Å²) < 4.78 is 5.23. The number of hydrogen-bond acceptors (Lipinski definition) is 4. The highest BCUT2D eigenvalue weighted by atomic mass is 35.5. The molecule has 0 spiro atoms. The van der Waals surface area contributed by atoms with E-state index < -0.39 is 5.97 Å². The van der Waals surface area contributed by atoms with E-state index in [0.717, 1.165) is 40.6 Å². The second-order valence-corrected chi connectivity index (χ2v) is 8.44. The number of aromatic carboxylic acids is 1. The summed E-state index contributed by atoms with van der Waals surface area (Å²) in [6.07, 6.45) is 2.61. The third kappa shape index (κ3) is 6.28. The Balaban J connectivity index is 1.82. The molecule has 1 aromatic heterocycles. The van der Waals surface area contributed by atoms with E-state index in [9.17, 15) is 14.7 Å². The Kier molecular flexibility index (Phi) is 7.64. The van der Waals surface area contributed by atoms with Gasteiger partial charge in [-0.1, -0.05) is 37.6 Å². The zero-order valence-corrected chi connectivity index (χ0v) is 18.5. The van der Waals surface area contributed by atoms with Crippen molar-refractivity contribution in [3.63, 3.8) is 0 Å². The molecule has 3 aromatic rings. The summed E-state index contributed by atoms with van der Waals surface area (Å²) in [5, 5.41) is 10.7. The molecule has 6 heteroatoms. The first-order chi connectivity index (χ1) is 14.8. The maximum Gasteiger partial charge on any atom is 0.335 e. The van der Waals surface area contributed by atoms with Crippen molar-refractivity contribution < 1.29 is 19.4 Å². The number of halogens is 1. The number of fused-ring (bicyclic) bond motifs is 1. The summed E-state index contributed by atoms with van der Waals surface area (Å²) in [5.41, 5.74) is 3.76. The zero-order chi connectivity index (χ0) is 22.4. The van der Waals surface area contributed by atoms with E-state index in [1.165, 1.54) is 0 Å². The predicted molar refractivity (Wildman–Crippen MR) is 123 cm³/mol. The topological polar surface area (TPSA) is 76.5 Å². The van der Waals surface area contributed by atoms with Crippen molar-refractivity contribution >= 4 is 34.4 Å². The fraction of sp³-hybridized carbons (Fsp3) is 0.320. The van der Waals surface area contributed by atoms with Crippen molar-refractivity contribution in [2.45, 2.75) is 39.5 Å². The Hall–Kier alpha value is -2.92. The lowest BCUT2D eigenvalue weighted by molar-refractivity contribution is -0.144. The molecule has 0 bridgehead atoms. The number of unbranched alkanes of at least 4 members (excludes halogenated alkanes) is 1. The van der Waals surface area contributed by atoms with Crippen molar-refractivity contribution in [1.29, 1.82) is 0 Å². The molecule has 1 N–H and O–H groups in total. The van der Waals surface area contributed by atoms with Gasteiger partial charge in [0, 0.05) is 22.4 Å². The van der Waals surface area contributed by atoms with E-state index in [2.05, 4.69) is 0 Å². The molecule has 31 heavy (non-hydrogen) atoms. The number of nitrogens with zero attached hydrogens (tertiary/aromatic N) is 1. The molecule has 0 aliphatic rings. The third-order valence-electron chi connectivity index (χ3n) is 4.91. The van der Waals surface area contributed by atoms with Gasteiger partial charge in [-0.3, -0.25) is 4.79 Å². The van der Waals surface area contributed by atoms with Crippen molar-refractivity contribution in [3.05, 3.63) is 64.7 Å². The lowest BCUT2D eigenvalue weighted by Gasteiger charge is -2.12. The number of ether oxygens (including phenoxy) is 1. The van der Waals surface area contributed by atoms with Crippen molar-refractivity contribution in [3.8, 4) is 11.3 Å². The van der Waals surface area contributed by atoms with Crippen LogP contribution in [-0.2, 0) is 16.0 Å². The highest BCUT2D eigenvalue weighted by Gasteiger charge is 2.12. The number of benzene rings is 2. The standard InChI is InChI=1S/C25H26ClNO4/c1-16(2)15-31-23(28)6-4-3-5-18-13-20-14-19(25(29)30)9-12-22(20)27-24(18)17-7-10-21(26)11-8-17/h7-14,16H,3-6,15H2,1-2H3,(H,29,30). The summed E-state index contributed by atoms with van der Waals surface area (Å²) >= 11 is 6.04. The molecule has 2 aromatic carbocycles. The SMILES string of the molecule is CC(C)COC(=O)CCCCc1cc2cc(C(=O)O)ccc2nc1-c1ccc(Cl)cc1. The summed E-state index contributed by atoms with van der Waals surface area (Å²) in [4.78, 5) is 28.0. The van der Waals surface area contributed by atoms with Crippen LogP contribution in [0.4, 0.5) is 0 Å². The Morgan fingerprint density at radius 1 is 1.06 bits per heavy atom. The Bertz CT molecular complexity index is 1080. The van der Waals surface area contributed by atoms with Crippen LogP contribution in [0.15, 0.2) is 48.5 Å². The minimum Gasteiger partial charge on any atom is -0.478 e. The van der Waals surface area contributed by atoms with Crippen LogP contribution in [0.5, 0.6) is 0 Å². The molecule has 162 valence electrons. The number of aryl methyl sites for hydroxylation is 1. The van der Waals surface area contributed by atoms with Gasteiger partial charge in [0.15, 0.2) is 0 Å². The van der Waals surface area contributed by atoms with Gasteiger partial charge in [-0.15, -0.1) is 0 Å². The van der Waals surface area contributed by atoms with E-state index in [1.54, 1.807) is 18.2 Å². The van der Waals surface area contributed by atoms with Crippen LogP contribution in [0, 0.1) is 5.92 Å². The molecule has 0 unspecified atom stereocenters. The largest absolute Gasteiger partial charge is 0.478 e. The number of carbonyl (C=O) groups is 2. The second-order valence-electron chi connectivity index (χ2n) is 8.00. The van der Waals surface area contributed by atoms with Crippen LogP contribution in [0.25, 0.3) is 22.2 Å². The smallest absolute Gasteiger partial charge is 0.335 e. The Morgan fingerprint density at radius 2 is 1.81 bits per heavy atom. The molecule has 0 aliphatic carbocycles. The van der Waals surface area contributed by atoms with Crippen molar-refractivity contribution in [1.82, 2.24) is 4.98 Å². The van der Waals surface area contributed by atoms with Crippen LogP contribution in [0.2, 0.25) is 5.02 Å². The summed E-state index contributed by atoms with van der Waals surface area (Å²) in [7, 11) is 0. The molecule has 0 saturated heterocycles. The number of aromatic nitrogens is 1. The molecule has 1 heterocycles. The maximum absolute atomic E-state index is 11.9. The molecule has 0 fully saturated rings. The molecule has 0 amide bonds. The van der Waals surface area contributed by atoms with E-state index in [0.29, 0.717) is 30.4 Å². The highest BCUT2D eigenvalue weighted by molar-refractivity contribution is 6.30. The lowest BCUT2D eigenvalue weighted by Crippen LogP contribution is -2.09. The van der Waals surface area contributed by atoms with E-state index in [1.807, 2.05) is 44.2 Å². The zero-order valence-electron chi connectivity index (χ0n) is 17.7. The van der Waals surface area contributed by atoms with Gasteiger partial charge in [-0.2, -0.15) is 0 Å². The number of carboxylic acids is 1. The number of hydrogen-bond donors (Lipinski definition) is 1. The Morgan fingerprint density at radius 3 is 2.48 bits per heavy atom. The minimum atomic E-state index is -0.967. The molecule has 3 rings (SSSR count). The van der Waals surface area contributed by atoms with Crippen molar-refractivity contribution in [2.75, 3.05) is 6.61 Å². The fourth-order valence-corrected chi connectivity index (χ4v) is 3.44. The van der Waals surface area contributed by atoms with E-state index in [-0.39, 0.29) is 11.5 Å². The average molecular weight is 440 g/mol. The first kappa shape index (κ1) is 22.8. The van der Waals surface area contributed by atoms with Crippen LogP contribution in [0.3, 0.4) is 0 Å². The number of rotatable bonds is 9. The van der Waals surface area contributed by atoms with E-state index >= 15 is 0 Å². The van der Waals surface area contributed by atoms with Gasteiger partial charge in [0.1, 0.15) is 0 Å². The summed E-state index contributed by atoms with van der Waals surface area (Å²) in [6.45, 7) is 4.46. The quantitative estimate of drug-likeness (QED) is 0.319. The monoisotopic (exact) mass is 439 g/mol. The first-order valence-electron chi connectivity index (χ1n) is 10.4. The lowest BCUT2D eigenvalue weighted by atomic mass is 9.98. The third-order valence-corrected chi connectivity index (χ3v) is 5.16. The average Bonchev–Trinajstić information content (AvgIpc) is 2.74. The minimum absolute atomic E-state index is 0.172. The summed E-state index contributed by atoms with van der Waals surface area (Å²) in [6, 6.07) is 14.4. The highest BCUT2D eigenvalue weighted by Crippen LogP contribution is 2.29. The Labute approximate surface area is 187 Å². The molecule has 0 atom stereocenters. The van der Waals surface area contributed by atoms with Gasteiger partial charge >= 0.3 is 11.9 Å². The number of pyridine rings is 1. The number of carbonyl (C=O) groups excluding carboxylic acids is 1. The first-order valence-corrected chi connectivity index (χ1v) is 10.8. The van der Waals surface area contributed by atoms with Crippen molar-refractivity contribution in [2.24, 2.45) is 5.92 Å². The molecular weight excluding hydrogens is 414 g/mol. The van der Waals surface area contributed by atoms with Crippen LogP contribution in [-0.4, -0.2) is 28.6 Å². The van der Waals surface area contributed by atoms with Crippen LogP contribution in [0.1, 0.15) is 49.0 Å². The molecule has 0 radical (unpaired) electrons. The van der Waals surface area contributed by atoms with Gasteiger partial charge in [-0.25, -0.2) is 9.78 Å². The normalized spacial score (nSPS) is 11.1. The van der Waals surface area contributed by atoms with Crippen LogP contribution >= 0.6 is 11.6 Å². The van der Waals surface area contributed by atoms with Gasteiger partial charge < -0.3 is 9.84 Å². The van der Waals surface area contributed by atoms with Gasteiger partial charge in [0.05, 0.1) is 23.4 Å². The second kappa shape index (κ2) is 10.4. The molecule has 0 aliphatic heterocycles. The fourth-order valence-electron chi connectivity index (χ4n) is 3.32. The molecule has 0 saturated carbocycles. The maximum atomic E-state index is 11.9.